The monoisotopic (exact) mass is 479 g/mol. The molecule has 1 N–H and O–H groups in total. The van der Waals surface area contributed by atoms with Crippen LogP contribution in [0.3, 0.4) is 0 Å². The van der Waals surface area contributed by atoms with E-state index in [0.717, 1.165) is 53.3 Å². The molecule has 5 rings (SSSR count). The molecule has 2 aromatic carbocycles. The maximum atomic E-state index is 13.2. The molecule has 0 atom stereocenters. The lowest BCUT2D eigenvalue weighted by atomic mass is 9.95. The standard InChI is InChI=1S/C26H26FN3O3S/c1-18-14-15-30-24(16-18)29-25(26(30)28-21-7-3-2-4-8-21)19-6-5-9-22(17-19)33-34(31,32)23-12-10-20(27)11-13-23/h5-6,9-17,21,28H,2-4,7-8H2,1H3. The van der Waals surface area contributed by atoms with E-state index < -0.39 is 15.9 Å². The number of aryl methyl sites for hydroxylation is 1. The number of hydrogen-bond acceptors (Lipinski definition) is 5. The summed E-state index contributed by atoms with van der Waals surface area (Å²) >= 11 is 0. The van der Waals surface area contributed by atoms with Crippen molar-refractivity contribution in [2.24, 2.45) is 0 Å². The molecule has 0 spiro atoms. The molecule has 0 unspecified atom stereocenters. The summed E-state index contributed by atoms with van der Waals surface area (Å²) in [5.74, 6) is 0.542. The highest BCUT2D eigenvalue weighted by atomic mass is 32.2. The van der Waals surface area contributed by atoms with E-state index >= 15 is 0 Å². The average molecular weight is 480 g/mol. The molecule has 1 aliphatic rings. The van der Waals surface area contributed by atoms with Crippen molar-refractivity contribution in [2.75, 3.05) is 5.32 Å². The third-order valence-electron chi connectivity index (χ3n) is 6.14. The fourth-order valence-electron chi connectivity index (χ4n) is 4.40. The molecule has 176 valence electrons. The first kappa shape index (κ1) is 22.4. The molecular formula is C26H26FN3O3S. The number of aromatic nitrogens is 2. The van der Waals surface area contributed by atoms with Crippen molar-refractivity contribution in [2.45, 2.75) is 50.0 Å². The molecule has 34 heavy (non-hydrogen) atoms. The second-order valence-electron chi connectivity index (χ2n) is 8.74. The Morgan fingerprint density at radius 1 is 1.03 bits per heavy atom. The van der Waals surface area contributed by atoms with E-state index in [1.54, 1.807) is 18.2 Å². The molecule has 2 heterocycles. The van der Waals surface area contributed by atoms with Crippen LogP contribution in [0.4, 0.5) is 10.2 Å². The van der Waals surface area contributed by atoms with E-state index in [-0.39, 0.29) is 10.6 Å². The number of imidazole rings is 1. The van der Waals surface area contributed by atoms with Crippen LogP contribution in [0, 0.1) is 12.7 Å². The van der Waals surface area contributed by atoms with Crippen LogP contribution in [0.25, 0.3) is 16.9 Å². The number of pyridine rings is 1. The van der Waals surface area contributed by atoms with Crippen LogP contribution in [-0.2, 0) is 10.1 Å². The molecule has 0 amide bonds. The number of anilines is 1. The summed E-state index contributed by atoms with van der Waals surface area (Å²) in [6, 6.07) is 15.9. The van der Waals surface area contributed by atoms with Gasteiger partial charge in [-0.15, -0.1) is 0 Å². The third kappa shape index (κ3) is 4.63. The Morgan fingerprint density at radius 2 is 1.79 bits per heavy atom. The molecule has 2 aromatic heterocycles. The van der Waals surface area contributed by atoms with Crippen molar-refractivity contribution in [3.8, 4) is 17.0 Å². The molecular weight excluding hydrogens is 453 g/mol. The van der Waals surface area contributed by atoms with Gasteiger partial charge in [0.05, 0.1) is 0 Å². The van der Waals surface area contributed by atoms with E-state index in [0.29, 0.717) is 6.04 Å². The zero-order chi connectivity index (χ0) is 23.7. The number of nitrogens with one attached hydrogen (secondary N) is 1. The van der Waals surface area contributed by atoms with Crippen LogP contribution in [-0.4, -0.2) is 23.8 Å². The summed E-state index contributed by atoms with van der Waals surface area (Å²) in [5.41, 5.74) is 3.40. The lowest BCUT2D eigenvalue weighted by Gasteiger charge is -2.24. The maximum Gasteiger partial charge on any atom is 0.339 e. The summed E-state index contributed by atoms with van der Waals surface area (Å²) in [6.07, 6.45) is 7.89. The molecule has 1 saturated carbocycles. The molecule has 1 fully saturated rings. The van der Waals surface area contributed by atoms with E-state index in [2.05, 4.69) is 5.32 Å². The van der Waals surface area contributed by atoms with Crippen molar-refractivity contribution >= 4 is 21.6 Å². The normalized spacial score (nSPS) is 14.9. The molecule has 8 heteroatoms. The SMILES string of the molecule is Cc1ccn2c(NC3CCCCC3)c(-c3cccc(OS(=O)(=O)c4ccc(F)cc4)c3)nc2c1. The minimum atomic E-state index is -4.10. The second-order valence-corrected chi connectivity index (χ2v) is 10.3. The van der Waals surface area contributed by atoms with Gasteiger partial charge in [0.25, 0.3) is 0 Å². The smallest absolute Gasteiger partial charge is 0.339 e. The Labute approximate surface area is 198 Å². The van der Waals surface area contributed by atoms with E-state index in [9.17, 15) is 12.8 Å². The number of halogens is 1. The summed E-state index contributed by atoms with van der Waals surface area (Å²) in [5, 5.41) is 3.70. The van der Waals surface area contributed by atoms with Crippen molar-refractivity contribution in [3.05, 3.63) is 78.2 Å². The summed E-state index contributed by atoms with van der Waals surface area (Å²) in [4.78, 5) is 4.76. The van der Waals surface area contributed by atoms with Gasteiger partial charge in [0.15, 0.2) is 0 Å². The van der Waals surface area contributed by atoms with E-state index in [4.69, 9.17) is 9.17 Å². The van der Waals surface area contributed by atoms with Crippen molar-refractivity contribution in [1.82, 2.24) is 9.38 Å². The summed E-state index contributed by atoms with van der Waals surface area (Å²) in [7, 11) is -4.10. The Kier molecular flexibility index (Phi) is 6.00. The maximum absolute atomic E-state index is 13.2. The Bertz CT molecular complexity index is 1430. The highest BCUT2D eigenvalue weighted by Crippen LogP contribution is 2.34. The van der Waals surface area contributed by atoms with E-state index in [1.165, 1.54) is 31.4 Å². The van der Waals surface area contributed by atoms with Crippen molar-refractivity contribution in [1.29, 1.82) is 0 Å². The van der Waals surface area contributed by atoms with Gasteiger partial charge in [-0.2, -0.15) is 8.42 Å². The van der Waals surface area contributed by atoms with Crippen LogP contribution in [0.15, 0.2) is 71.8 Å². The number of benzene rings is 2. The summed E-state index contributed by atoms with van der Waals surface area (Å²) < 4.78 is 46.0. The zero-order valence-electron chi connectivity index (χ0n) is 18.9. The van der Waals surface area contributed by atoms with Crippen LogP contribution in [0.1, 0.15) is 37.7 Å². The quantitative estimate of drug-likeness (QED) is 0.346. The summed E-state index contributed by atoms with van der Waals surface area (Å²) in [6.45, 7) is 2.03. The molecule has 0 aliphatic heterocycles. The first-order chi connectivity index (χ1) is 16.4. The first-order valence-electron chi connectivity index (χ1n) is 11.4. The molecule has 0 saturated heterocycles. The van der Waals surface area contributed by atoms with Gasteiger partial charge in [-0.1, -0.05) is 31.4 Å². The number of rotatable bonds is 6. The topological polar surface area (TPSA) is 72.7 Å². The molecule has 0 radical (unpaired) electrons. The second kappa shape index (κ2) is 9.10. The number of fused-ring (bicyclic) bond motifs is 1. The van der Waals surface area contributed by atoms with E-state index in [1.807, 2.05) is 35.7 Å². The lowest BCUT2D eigenvalue weighted by Crippen LogP contribution is -2.23. The van der Waals surface area contributed by atoms with Gasteiger partial charge in [-0.3, -0.25) is 4.40 Å². The van der Waals surface area contributed by atoms with Gasteiger partial charge in [0.2, 0.25) is 0 Å². The Hall–Kier alpha value is -3.39. The van der Waals surface area contributed by atoms with Crippen LogP contribution in [0.2, 0.25) is 0 Å². The van der Waals surface area contributed by atoms with Crippen LogP contribution >= 0.6 is 0 Å². The molecule has 6 nitrogen and oxygen atoms in total. The van der Waals surface area contributed by atoms with Crippen molar-refractivity contribution < 1.29 is 17.0 Å². The van der Waals surface area contributed by atoms with Crippen LogP contribution in [0.5, 0.6) is 5.75 Å². The molecule has 1 aliphatic carbocycles. The Morgan fingerprint density at radius 3 is 2.56 bits per heavy atom. The average Bonchev–Trinajstić information content (AvgIpc) is 3.17. The number of hydrogen-bond donors (Lipinski definition) is 1. The fourth-order valence-corrected chi connectivity index (χ4v) is 5.32. The van der Waals surface area contributed by atoms with Crippen LogP contribution < -0.4 is 9.50 Å². The highest BCUT2D eigenvalue weighted by Gasteiger charge is 2.21. The predicted octanol–water partition coefficient (Wildman–Crippen LogP) is 5.96. The van der Waals surface area contributed by atoms with Gasteiger partial charge in [0.1, 0.15) is 33.6 Å². The predicted molar refractivity (Wildman–Crippen MR) is 130 cm³/mol. The number of nitrogens with zero attached hydrogens (tertiary/aromatic N) is 2. The zero-order valence-corrected chi connectivity index (χ0v) is 19.7. The minimum Gasteiger partial charge on any atom is -0.379 e. The highest BCUT2D eigenvalue weighted by molar-refractivity contribution is 7.87. The van der Waals surface area contributed by atoms with Gasteiger partial charge in [-0.25, -0.2) is 9.37 Å². The molecule has 0 bridgehead atoms. The Balaban J connectivity index is 1.51. The molecule has 4 aromatic rings. The first-order valence-corrected chi connectivity index (χ1v) is 12.9. The van der Waals surface area contributed by atoms with Gasteiger partial charge < -0.3 is 9.50 Å². The minimum absolute atomic E-state index is 0.109. The fraction of sp³-hybridized carbons (Fsp3) is 0.269. The van der Waals surface area contributed by atoms with Gasteiger partial charge in [-0.05, 0) is 73.9 Å². The lowest BCUT2D eigenvalue weighted by molar-refractivity contribution is 0.462. The van der Waals surface area contributed by atoms with Gasteiger partial charge in [0, 0.05) is 17.8 Å². The van der Waals surface area contributed by atoms with Crippen molar-refractivity contribution in [3.63, 3.8) is 0 Å². The third-order valence-corrected chi connectivity index (χ3v) is 7.40. The van der Waals surface area contributed by atoms with Gasteiger partial charge >= 0.3 is 10.1 Å². The largest absolute Gasteiger partial charge is 0.379 e.